The van der Waals surface area contributed by atoms with Gasteiger partial charge < -0.3 is 9.13 Å². The minimum atomic E-state index is 0.406. The van der Waals surface area contributed by atoms with Gasteiger partial charge in [-0.05, 0) is 65.6 Å². The van der Waals surface area contributed by atoms with Crippen molar-refractivity contribution in [3.8, 4) is 16.8 Å². The van der Waals surface area contributed by atoms with Crippen LogP contribution in [-0.4, -0.2) is 9.13 Å². The largest absolute Gasteiger partial charge is 0.310 e. The lowest BCUT2D eigenvalue weighted by Gasteiger charge is -2.18. The highest BCUT2D eigenvalue weighted by atomic mass is 15.0. The molecular weight excluding hydrogens is 532 g/mol. The number of hydrogen-bond donors (Lipinski definition) is 0. The maximum absolute atomic E-state index is 2.46. The average Bonchev–Trinajstić information content (AvgIpc) is 3.62. The van der Waals surface area contributed by atoms with Crippen LogP contribution in [0.4, 0.5) is 0 Å². The highest BCUT2D eigenvalue weighted by Gasteiger charge is 2.21. The number of nitrogens with zero attached hydrogens (tertiary/aromatic N) is 2. The van der Waals surface area contributed by atoms with E-state index in [1.807, 2.05) is 0 Å². The van der Waals surface area contributed by atoms with E-state index in [2.05, 4.69) is 173 Å². The summed E-state index contributed by atoms with van der Waals surface area (Å²) in [4.78, 5) is 0. The molecule has 0 bridgehead atoms. The van der Waals surface area contributed by atoms with Crippen LogP contribution in [0.2, 0.25) is 0 Å². The number of fused-ring (bicyclic) bond motifs is 6. The third kappa shape index (κ3) is 3.74. The molecule has 8 aromatic rings. The lowest BCUT2D eigenvalue weighted by molar-refractivity contribution is 0.850. The van der Waals surface area contributed by atoms with Crippen molar-refractivity contribution in [1.29, 1.82) is 0 Å². The van der Waals surface area contributed by atoms with Crippen molar-refractivity contribution in [3.63, 3.8) is 0 Å². The van der Waals surface area contributed by atoms with Crippen LogP contribution in [0.15, 0.2) is 164 Å². The Labute approximate surface area is 256 Å². The van der Waals surface area contributed by atoms with E-state index in [1.165, 1.54) is 71.7 Å². The molecule has 0 radical (unpaired) electrons. The minimum absolute atomic E-state index is 0.406. The van der Waals surface area contributed by atoms with E-state index in [9.17, 15) is 0 Å². The molecule has 1 unspecified atom stereocenters. The molecule has 0 amide bonds. The average molecular weight is 563 g/mol. The van der Waals surface area contributed by atoms with Gasteiger partial charge in [0.15, 0.2) is 0 Å². The molecule has 1 aliphatic carbocycles. The second-order valence-electron chi connectivity index (χ2n) is 11.7. The fraction of sp³-hybridized carbons (Fsp3) is 0.0476. The minimum Gasteiger partial charge on any atom is -0.310 e. The Hall–Kier alpha value is -5.60. The van der Waals surface area contributed by atoms with Gasteiger partial charge >= 0.3 is 0 Å². The van der Waals surface area contributed by atoms with Gasteiger partial charge in [0.05, 0.1) is 22.1 Å². The second kappa shape index (κ2) is 10.00. The maximum atomic E-state index is 2.46. The lowest BCUT2D eigenvalue weighted by Crippen LogP contribution is -2.02. The predicted octanol–water partition coefficient (Wildman–Crippen LogP) is 11.1. The first-order valence-corrected chi connectivity index (χ1v) is 15.4. The van der Waals surface area contributed by atoms with Crippen LogP contribution in [0.3, 0.4) is 0 Å². The van der Waals surface area contributed by atoms with Crippen LogP contribution in [0.1, 0.15) is 17.9 Å². The van der Waals surface area contributed by atoms with Crippen molar-refractivity contribution in [1.82, 2.24) is 9.13 Å². The van der Waals surface area contributed by atoms with Crippen molar-refractivity contribution in [2.24, 2.45) is 0 Å². The van der Waals surface area contributed by atoms with E-state index in [-0.39, 0.29) is 0 Å². The van der Waals surface area contributed by atoms with E-state index in [0.717, 1.165) is 6.42 Å². The number of aromatic nitrogens is 2. The first kappa shape index (κ1) is 24.9. The topological polar surface area (TPSA) is 9.86 Å². The van der Waals surface area contributed by atoms with Crippen LogP contribution in [0.25, 0.3) is 66.1 Å². The Morgan fingerprint density at radius 2 is 0.977 bits per heavy atom. The standard InChI is InChI=1S/C42H30N2/c1-3-13-29(14-4-1)30-25-27-32(28-26-30)44-38-22-10-8-18-36(38)42-34(20-12-24-40(42)44)33-19-11-23-39-41(33)35-17-7-9-21-37(35)43(39)31-15-5-2-6-16-31/h1-25,27-28,30H,26H2. The van der Waals surface area contributed by atoms with Crippen molar-refractivity contribution in [3.05, 3.63) is 169 Å². The van der Waals surface area contributed by atoms with Crippen molar-refractivity contribution >= 4 is 49.3 Å². The van der Waals surface area contributed by atoms with Crippen LogP contribution >= 0.6 is 0 Å². The van der Waals surface area contributed by atoms with Crippen LogP contribution < -0.4 is 0 Å². The van der Waals surface area contributed by atoms with E-state index in [4.69, 9.17) is 0 Å². The number of para-hydroxylation sites is 3. The molecule has 2 heterocycles. The Morgan fingerprint density at radius 1 is 0.455 bits per heavy atom. The zero-order chi connectivity index (χ0) is 29.0. The van der Waals surface area contributed by atoms with E-state index < -0.39 is 0 Å². The lowest BCUT2D eigenvalue weighted by atomic mass is 9.92. The molecule has 0 fully saturated rings. The molecule has 1 aliphatic rings. The summed E-state index contributed by atoms with van der Waals surface area (Å²) >= 11 is 0. The normalized spacial score (nSPS) is 15.0. The van der Waals surface area contributed by atoms with E-state index >= 15 is 0 Å². The number of rotatable bonds is 4. The third-order valence-corrected chi connectivity index (χ3v) is 9.27. The summed E-state index contributed by atoms with van der Waals surface area (Å²) < 4.78 is 4.86. The van der Waals surface area contributed by atoms with Crippen molar-refractivity contribution < 1.29 is 0 Å². The van der Waals surface area contributed by atoms with Gasteiger partial charge in [-0.15, -0.1) is 0 Å². The fourth-order valence-electron chi connectivity index (χ4n) is 7.34. The second-order valence-corrected chi connectivity index (χ2v) is 11.7. The Bertz CT molecular complexity index is 2400. The summed E-state index contributed by atoms with van der Waals surface area (Å²) in [6, 6.07) is 52.8. The third-order valence-electron chi connectivity index (χ3n) is 9.27. The van der Waals surface area contributed by atoms with Crippen molar-refractivity contribution in [2.75, 3.05) is 0 Å². The molecule has 1 atom stereocenters. The van der Waals surface area contributed by atoms with Gasteiger partial charge in [-0.25, -0.2) is 0 Å². The van der Waals surface area contributed by atoms with E-state index in [0.29, 0.717) is 5.92 Å². The maximum Gasteiger partial charge on any atom is 0.0547 e. The van der Waals surface area contributed by atoms with Gasteiger partial charge in [0, 0.05) is 38.8 Å². The molecule has 0 aliphatic heterocycles. The Morgan fingerprint density at radius 3 is 1.59 bits per heavy atom. The number of benzene rings is 6. The SMILES string of the molecule is C1=CC(c2ccccc2)CC=C1n1c2ccccc2c2c(-c3cccc4c3c3ccccc3n4-c3ccccc3)cccc21. The highest BCUT2D eigenvalue weighted by molar-refractivity contribution is 6.22. The molecular formula is C42H30N2. The molecule has 2 heteroatoms. The molecule has 208 valence electrons. The number of allylic oxidation sites excluding steroid dienone is 4. The molecule has 2 aromatic heterocycles. The van der Waals surface area contributed by atoms with Gasteiger partial charge in [-0.3, -0.25) is 0 Å². The Balaban J connectivity index is 1.29. The summed E-state index contributed by atoms with van der Waals surface area (Å²) in [5, 5.41) is 5.14. The molecule has 6 aromatic carbocycles. The van der Waals surface area contributed by atoms with Crippen LogP contribution in [-0.2, 0) is 0 Å². The van der Waals surface area contributed by atoms with Crippen molar-refractivity contribution in [2.45, 2.75) is 12.3 Å². The molecule has 0 spiro atoms. The predicted molar refractivity (Wildman–Crippen MR) is 186 cm³/mol. The smallest absolute Gasteiger partial charge is 0.0547 e. The molecule has 0 saturated carbocycles. The van der Waals surface area contributed by atoms with Gasteiger partial charge in [0.2, 0.25) is 0 Å². The summed E-state index contributed by atoms with van der Waals surface area (Å²) in [5.74, 6) is 0.406. The van der Waals surface area contributed by atoms with Crippen LogP contribution in [0, 0.1) is 0 Å². The highest BCUT2D eigenvalue weighted by Crippen LogP contribution is 2.44. The first-order valence-electron chi connectivity index (χ1n) is 15.4. The first-order chi connectivity index (χ1) is 21.9. The zero-order valence-electron chi connectivity index (χ0n) is 24.3. The number of hydrogen-bond acceptors (Lipinski definition) is 0. The molecule has 9 rings (SSSR count). The summed E-state index contributed by atoms with van der Waals surface area (Å²) in [6.45, 7) is 0. The van der Waals surface area contributed by atoms with Gasteiger partial charge in [-0.1, -0.05) is 121 Å². The van der Waals surface area contributed by atoms with Gasteiger partial charge in [0.1, 0.15) is 0 Å². The van der Waals surface area contributed by atoms with E-state index in [1.54, 1.807) is 0 Å². The Kier molecular flexibility index (Phi) is 5.67. The molecule has 44 heavy (non-hydrogen) atoms. The molecule has 0 N–H and O–H groups in total. The van der Waals surface area contributed by atoms with Gasteiger partial charge in [0.25, 0.3) is 0 Å². The van der Waals surface area contributed by atoms with Gasteiger partial charge in [-0.2, -0.15) is 0 Å². The summed E-state index contributed by atoms with van der Waals surface area (Å²) in [7, 11) is 0. The summed E-state index contributed by atoms with van der Waals surface area (Å²) in [6.07, 6.45) is 8.08. The molecule has 0 saturated heterocycles. The molecule has 2 nitrogen and oxygen atoms in total. The summed E-state index contributed by atoms with van der Waals surface area (Å²) in [5.41, 5.74) is 11.2. The quantitative estimate of drug-likeness (QED) is 0.202. The zero-order valence-corrected chi connectivity index (χ0v) is 24.3. The fourth-order valence-corrected chi connectivity index (χ4v) is 7.34. The van der Waals surface area contributed by atoms with Crippen LogP contribution in [0.5, 0.6) is 0 Å². The monoisotopic (exact) mass is 562 g/mol.